The summed E-state index contributed by atoms with van der Waals surface area (Å²) in [6, 6.07) is 15.3. The minimum Gasteiger partial charge on any atom is -0.485 e. The zero-order valence-corrected chi connectivity index (χ0v) is 18.3. The van der Waals surface area contributed by atoms with E-state index < -0.39 is 11.7 Å². The fourth-order valence-electron chi connectivity index (χ4n) is 3.29. The summed E-state index contributed by atoms with van der Waals surface area (Å²) in [5.41, 5.74) is 2.39. The molecule has 4 rings (SSSR count). The molecule has 0 bridgehead atoms. The summed E-state index contributed by atoms with van der Waals surface area (Å²) in [6.07, 6.45) is 1.63. The van der Waals surface area contributed by atoms with Gasteiger partial charge in [0, 0.05) is 22.8 Å². The van der Waals surface area contributed by atoms with Gasteiger partial charge in [-0.25, -0.2) is 4.39 Å². The molecule has 8 heteroatoms. The van der Waals surface area contributed by atoms with Crippen LogP contribution in [-0.2, 0) is 13.2 Å². The van der Waals surface area contributed by atoms with Crippen LogP contribution in [-0.4, -0.2) is 15.7 Å². The summed E-state index contributed by atoms with van der Waals surface area (Å²) in [5.74, 6) is 0.916. The molecule has 0 aliphatic heterocycles. The van der Waals surface area contributed by atoms with E-state index in [2.05, 4.69) is 10.4 Å². The number of nitrogens with zero attached hydrogens (tertiary/aromatic N) is 2. The Hall–Kier alpha value is -3.58. The Morgan fingerprint density at radius 3 is 2.62 bits per heavy atom. The average Bonchev–Trinajstić information content (AvgIpc) is 3.40. The van der Waals surface area contributed by atoms with Gasteiger partial charge in [0.05, 0.1) is 6.54 Å². The number of rotatable bonds is 7. The van der Waals surface area contributed by atoms with E-state index in [-0.39, 0.29) is 18.9 Å². The Balaban J connectivity index is 1.37. The van der Waals surface area contributed by atoms with Gasteiger partial charge in [0.1, 0.15) is 23.9 Å². The number of halogens is 2. The third-order valence-corrected chi connectivity index (χ3v) is 5.27. The minimum absolute atomic E-state index is 0.136. The van der Waals surface area contributed by atoms with Gasteiger partial charge in [-0.2, -0.15) is 5.10 Å². The molecular weight excluding hydrogens is 433 g/mol. The molecule has 1 N–H and O–H groups in total. The van der Waals surface area contributed by atoms with Crippen LogP contribution >= 0.6 is 11.6 Å². The Morgan fingerprint density at radius 1 is 1.12 bits per heavy atom. The van der Waals surface area contributed by atoms with Crippen LogP contribution in [0.25, 0.3) is 0 Å². The number of anilines is 1. The highest BCUT2D eigenvalue weighted by atomic mass is 35.5. The number of carbonyl (C=O) groups excluding carboxylic acids is 1. The van der Waals surface area contributed by atoms with E-state index in [1.807, 2.05) is 32.0 Å². The van der Waals surface area contributed by atoms with Crippen LogP contribution < -0.4 is 10.1 Å². The van der Waals surface area contributed by atoms with Gasteiger partial charge in [0.2, 0.25) is 0 Å². The molecule has 2 aromatic heterocycles. The molecule has 0 fully saturated rings. The second kappa shape index (κ2) is 9.28. The summed E-state index contributed by atoms with van der Waals surface area (Å²) < 4.78 is 26.9. The molecule has 32 heavy (non-hydrogen) atoms. The first-order valence-corrected chi connectivity index (χ1v) is 10.3. The van der Waals surface area contributed by atoms with Gasteiger partial charge in [-0.1, -0.05) is 35.9 Å². The van der Waals surface area contributed by atoms with Gasteiger partial charge in [-0.05, 0) is 49.2 Å². The third-order valence-electron chi connectivity index (χ3n) is 4.92. The number of amides is 1. The lowest BCUT2D eigenvalue weighted by molar-refractivity contribution is 0.0992. The monoisotopic (exact) mass is 453 g/mol. The molecule has 0 atom stereocenters. The van der Waals surface area contributed by atoms with E-state index in [1.54, 1.807) is 36.5 Å². The number of hydrogen-bond acceptors (Lipinski definition) is 4. The Labute approximate surface area is 189 Å². The van der Waals surface area contributed by atoms with Gasteiger partial charge < -0.3 is 14.5 Å². The summed E-state index contributed by atoms with van der Waals surface area (Å²) in [7, 11) is 0. The molecule has 0 saturated heterocycles. The normalized spacial score (nSPS) is 10.9. The summed E-state index contributed by atoms with van der Waals surface area (Å²) in [5, 5.41) is 7.23. The highest BCUT2D eigenvalue weighted by Crippen LogP contribution is 2.24. The SMILES string of the molecule is Cc1cccc(C)c1OCc1ccc(C(=O)Nc2ccn(Cc3c(F)cccc3Cl)n2)o1. The lowest BCUT2D eigenvalue weighted by Crippen LogP contribution is -2.12. The number of aryl methyl sites for hydroxylation is 2. The minimum atomic E-state index is -0.447. The van der Waals surface area contributed by atoms with Crippen LogP contribution in [0.1, 0.15) is 33.0 Å². The second-order valence-electron chi connectivity index (χ2n) is 7.33. The maximum atomic E-state index is 14.0. The van der Waals surface area contributed by atoms with Crippen LogP contribution in [0.5, 0.6) is 5.75 Å². The van der Waals surface area contributed by atoms with E-state index in [4.69, 9.17) is 20.8 Å². The number of benzene rings is 2. The van der Waals surface area contributed by atoms with Crippen LogP contribution in [0, 0.1) is 19.7 Å². The Morgan fingerprint density at radius 2 is 1.88 bits per heavy atom. The van der Waals surface area contributed by atoms with Crippen molar-refractivity contribution in [2.45, 2.75) is 27.0 Å². The molecule has 0 radical (unpaired) electrons. The van der Waals surface area contributed by atoms with Gasteiger partial charge in [-0.3, -0.25) is 9.48 Å². The number of aromatic nitrogens is 2. The average molecular weight is 454 g/mol. The third kappa shape index (κ3) is 4.84. The summed E-state index contributed by atoms with van der Waals surface area (Å²) in [6.45, 7) is 4.30. The number of para-hydroxylation sites is 1. The van der Waals surface area contributed by atoms with Gasteiger partial charge in [0.15, 0.2) is 11.6 Å². The van der Waals surface area contributed by atoms with Gasteiger partial charge >= 0.3 is 0 Å². The first kappa shape index (κ1) is 21.6. The lowest BCUT2D eigenvalue weighted by Gasteiger charge is -2.10. The fourth-order valence-corrected chi connectivity index (χ4v) is 3.51. The number of hydrogen-bond donors (Lipinski definition) is 1. The van der Waals surface area contributed by atoms with Crippen molar-refractivity contribution < 1.29 is 18.3 Å². The topological polar surface area (TPSA) is 69.3 Å². The van der Waals surface area contributed by atoms with Gasteiger partial charge in [-0.15, -0.1) is 0 Å². The van der Waals surface area contributed by atoms with E-state index in [0.29, 0.717) is 22.2 Å². The molecule has 6 nitrogen and oxygen atoms in total. The fraction of sp³-hybridized carbons (Fsp3) is 0.167. The molecule has 4 aromatic rings. The lowest BCUT2D eigenvalue weighted by atomic mass is 10.1. The predicted octanol–water partition coefficient (Wildman–Crippen LogP) is 5.77. The van der Waals surface area contributed by atoms with E-state index in [0.717, 1.165) is 16.9 Å². The predicted molar refractivity (Wildman–Crippen MR) is 120 cm³/mol. The van der Waals surface area contributed by atoms with Crippen molar-refractivity contribution >= 4 is 23.3 Å². The maximum Gasteiger partial charge on any atom is 0.292 e. The summed E-state index contributed by atoms with van der Waals surface area (Å²) in [4.78, 5) is 12.5. The van der Waals surface area contributed by atoms with E-state index >= 15 is 0 Å². The van der Waals surface area contributed by atoms with Crippen molar-refractivity contribution in [3.05, 3.63) is 99.8 Å². The van der Waals surface area contributed by atoms with Crippen molar-refractivity contribution in [2.75, 3.05) is 5.32 Å². The molecule has 164 valence electrons. The number of carbonyl (C=O) groups is 1. The standard InChI is InChI=1S/C24H21ClFN3O3/c1-15-5-3-6-16(2)23(15)31-14-17-9-10-21(32-17)24(30)27-22-11-12-29(28-22)13-18-19(25)7-4-8-20(18)26/h3-12H,13-14H2,1-2H3,(H,27,28,30). The Kier molecular flexibility index (Phi) is 6.28. The van der Waals surface area contributed by atoms with Crippen molar-refractivity contribution in [1.29, 1.82) is 0 Å². The van der Waals surface area contributed by atoms with Crippen molar-refractivity contribution in [3.63, 3.8) is 0 Å². The molecule has 2 aromatic carbocycles. The summed E-state index contributed by atoms with van der Waals surface area (Å²) >= 11 is 6.06. The number of nitrogens with one attached hydrogen (secondary N) is 1. The zero-order chi connectivity index (χ0) is 22.7. The van der Waals surface area contributed by atoms with Crippen molar-refractivity contribution in [3.8, 4) is 5.75 Å². The first-order chi connectivity index (χ1) is 15.4. The van der Waals surface area contributed by atoms with Crippen LogP contribution in [0.4, 0.5) is 10.2 Å². The van der Waals surface area contributed by atoms with Crippen molar-refractivity contribution in [2.24, 2.45) is 0 Å². The number of furan rings is 1. The largest absolute Gasteiger partial charge is 0.485 e. The maximum absolute atomic E-state index is 14.0. The quantitative estimate of drug-likeness (QED) is 0.386. The molecule has 0 aliphatic rings. The van der Waals surface area contributed by atoms with Crippen LogP contribution in [0.3, 0.4) is 0 Å². The zero-order valence-electron chi connectivity index (χ0n) is 17.6. The van der Waals surface area contributed by atoms with Crippen molar-refractivity contribution in [1.82, 2.24) is 9.78 Å². The second-order valence-corrected chi connectivity index (χ2v) is 7.74. The molecule has 0 saturated carbocycles. The first-order valence-electron chi connectivity index (χ1n) is 9.96. The molecule has 1 amide bonds. The van der Waals surface area contributed by atoms with Crippen LogP contribution in [0.15, 0.2) is 65.2 Å². The number of ether oxygens (including phenoxy) is 1. The Bertz CT molecular complexity index is 1220. The van der Waals surface area contributed by atoms with E-state index in [1.165, 1.54) is 10.7 Å². The highest BCUT2D eigenvalue weighted by Gasteiger charge is 2.15. The highest BCUT2D eigenvalue weighted by molar-refractivity contribution is 6.31. The molecule has 0 spiro atoms. The molecule has 0 unspecified atom stereocenters. The molecule has 2 heterocycles. The van der Waals surface area contributed by atoms with E-state index in [9.17, 15) is 9.18 Å². The smallest absolute Gasteiger partial charge is 0.292 e. The molecular formula is C24H21ClFN3O3. The van der Waals surface area contributed by atoms with Crippen LogP contribution in [0.2, 0.25) is 5.02 Å². The molecule has 0 aliphatic carbocycles. The van der Waals surface area contributed by atoms with Gasteiger partial charge in [0.25, 0.3) is 5.91 Å².